The second-order valence-electron chi connectivity index (χ2n) is 5.69. The van der Waals surface area contributed by atoms with Crippen LogP contribution in [0, 0.1) is 0 Å². The molecule has 0 unspecified atom stereocenters. The van der Waals surface area contributed by atoms with E-state index in [-0.39, 0.29) is 0 Å². The summed E-state index contributed by atoms with van der Waals surface area (Å²) in [5.41, 5.74) is 7.07. The minimum Gasteiger partial charge on any atom is -0.367 e. The lowest BCUT2D eigenvalue weighted by atomic mass is 9.99. The van der Waals surface area contributed by atoms with Gasteiger partial charge in [0.05, 0.1) is 5.69 Å². The highest BCUT2D eigenvalue weighted by Gasteiger charge is 2.65. The zero-order valence-electron chi connectivity index (χ0n) is 12.8. The van der Waals surface area contributed by atoms with E-state index in [0.29, 0.717) is 10.0 Å². The predicted octanol–water partition coefficient (Wildman–Crippen LogP) is 4.68. The fourth-order valence-corrected chi connectivity index (χ4v) is 4.13. The summed E-state index contributed by atoms with van der Waals surface area (Å²) in [7, 11) is 0. The Morgan fingerprint density at radius 1 is 1.20 bits per heavy atom. The molecule has 4 rings (SSSR count). The molecule has 0 spiro atoms. The zero-order valence-corrected chi connectivity index (χ0v) is 15.9. The summed E-state index contributed by atoms with van der Waals surface area (Å²) in [6, 6.07) is 15.0. The van der Waals surface area contributed by atoms with Crippen molar-refractivity contribution >= 4 is 44.8 Å². The van der Waals surface area contributed by atoms with Crippen LogP contribution in [0.2, 0.25) is 5.02 Å². The third kappa shape index (κ3) is 2.89. The Balaban J connectivity index is 1.68. The van der Waals surface area contributed by atoms with Gasteiger partial charge in [0, 0.05) is 20.4 Å². The highest BCUT2D eigenvalue weighted by molar-refractivity contribution is 9.10. The second-order valence-corrected chi connectivity index (χ2v) is 7.90. The molecule has 1 saturated heterocycles. The minimum absolute atomic E-state index is 0.439. The van der Waals surface area contributed by atoms with Crippen LogP contribution in [0.5, 0.6) is 0 Å². The van der Waals surface area contributed by atoms with Gasteiger partial charge in [-0.15, -0.1) is 11.3 Å². The Kier molecular flexibility index (Phi) is 4.16. The van der Waals surface area contributed by atoms with Crippen LogP contribution in [-0.2, 0) is 15.1 Å². The van der Waals surface area contributed by atoms with Crippen LogP contribution in [0.4, 0.5) is 0 Å². The molecule has 2 heterocycles. The van der Waals surface area contributed by atoms with Gasteiger partial charge in [0.1, 0.15) is 11.1 Å². The lowest BCUT2D eigenvalue weighted by molar-refractivity contribution is -0.123. The van der Waals surface area contributed by atoms with E-state index >= 15 is 0 Å². The molecule has 3 aromatic rings. The fourth-order valence-electron chi connectivity index (χ4n) is 2.74. The Labute approximate surface area is 161 Å². The summed E-state index contributed by atoms with van der Waals surface area (Å²) in [5.74, 6) is -0.538. The Bertz CT molecular complexity index is 942. The molecule has 0 bridgehead atoms. The Morgan fingerprint density at radius 3 is 2.52 bits per heavy atom. The van der Waals surface area contributed by atoms with Crippen LogP contribution in [0.1, 0.15) is 16.7 Å². The van der Waals surface area contributed by atoms with E-state index in [4.69, 9.17) is 22.1 Å². The van der Waals surface area contributed by atoms with Crippen LogP contribution in [0.15, 0.2) is 58.4 Å². The molecule has 1 fully saturated rings. The van der Waals surface area contributed by atoms with Crippen molar-refractivity contribution in [3.05, 3.63) is 74.0 Å². The third-order valence-electron chi connectivity index (χ3n) is 4.12. The number of nitrogens with two attached hydrogens (primary N) is 1. The number of rotatable bonds is 4. The molecule has 25 heavy (non-hydrogen) atoms. The first kappa shape index (κ1) is 16.7. The van der Waals surface area contributed by atoms with Gasteiger partial charge in [-0.3, -0.25) is 4.79 Å². The molecular weight excluding hydrogens is 424 g/mol. The lowest BCUT2D eigenvalue weighted by Gasteiger charge is -2.05. The van der Waals surface area contributed by atoms with Crippen molar-refractivity contribution < 1.29 is 9.53 Å². The monoisotopic (exact) mass is 434 g/mol. The van der Waals surface area contributed by atoms with E-state index in [1.807, 2.05) is 41.8 Å². The first-order chi connectivity index (χ1) is 12.0. The number of hydrogen-bond donors (Lipinski definition) is 1. The number of primary amides is 1. The molecule has 0 radical (unpaired) electrons. The number of halogens is 2. The summed E-state index contributed by atoms with van der Waals surface area (Å²) in [6.07, 6.45) is -0.439. The summed E-state index contributed by atoms with van der Waals surface area (Å²) in [5, 5.41) is 3.10. The van der Waals surface area contributed by atoms with E-state index < -0.39 is 17.6 Å². The van der Waals surface area contributed by atoms with Gasteiger partial charge < -0.3 is 10.5 Å². The first-order valence-corrected chi connectivity index (χ1v) is 9.51. The van der Waals surface area contributed by atoms with Crippen molar-refractivity contribution in [3.63, 3.8) is 0 Å². The van der Waals surface area contributed by atoms with Crippen molar-refractivity contribution in [1.82, 2.24) is 4.98 Å². The molecule has 1 aromatic heterocycles. The van der Waals surface area contributed by atoms with Crippen molar-refractivity contribution in [3.8, 4) is 11.3 Å². The smallest absolute Gasteiger partial charge is 0.260 e. The summed E-state index contributed by atoms with van der Waals surface area (Å²) < 4.78 is 6.76. The molecule has 0 saturated carbocycles. The number of benzene rings is 2. The van der Waals surface area contributed by atoms with Crippen LogP contribution < -0.4 is 5.73 Å². The molecule has 1 amide bonds. The van der Waals surface area contributed by atoms with Crippen LogP contribution in [0.25, 0.3) is 11.3 Å². The first-order valence-electron chi connectivity index (χ1n) is 7.46. The van der Waals surface area contributed by atoms with Gasteiger partial charge in [-0.2, -0.15) is 0 Å². The van der Waals surface area contributed by atoms with Crippen molar-refractivity contribution in [2.24, 2.45) is 5.73 Å². The number of carbonyl (C=O) groups excluding carboxylic acids is 1. The molecule has 4 nitrogen and oxygen atoms in total. The van der Waals surface area contributed by atoms with E-state index in [2.05, 4.69) is 20.9 Å². The molecule has 0 aliphatic carbocycles. The van der Waals surface area contributed by atoms with Crippen molar-refractivity contribution in [1.29, 1.82) is 0 Å². The number of aromatic nitrogens is 1. The summed E-state index contributed by atoms with van der Waals surface area (Å²) in [6.45, 7) is 0. The predicted molar refractivity (Wildman–Crippen MR) is 101 cm³/mol. The van der Waals surface area contributed by atoms with Gasteiger partial charge in [0.25, 0.3) is 5.91 Å². The maximum atomic E-state index is 12.2. The number of ether oxygens (including phenoxy) is 1. The largest absolute Gasteiger partial charge is 0.367 e. The van der Waals surface area contributed by atoms with Crippen LogP contribution in [-0.4, -0.2) is 10.9 Å². The number of hydrogen-bond acceptors (Lipinski definition) is 4. The van der Waals surface area contributed by atoms with Gasteiger partial charge in [-0.1, -0.05) is 51.8 Å². The standard InChI is InChI=1S/C18H12BrClN2O2S/c19-12-5-1-10(2-6-12)14-9-25-17(22-14)18(16(21)23)15(24-18)11-3-7-13(20)8-4-11/h1-9,15H,(H2,21,23)/t15-,18-/m0/s1. The van der Waals surface area contributed by atoms with Gasteiger partial charge >= 0.3 is 0 Å². The minimum atomic E-state index is -1.20. The van der Waals surface area contributed by atoms with E-state index in [9.17, 15) is 4.79 Å². The maximum Gasteiger partial charge on any atom is 0.260 e. The highest BCUT2D eigenvalue weighted by atomic mass is 79.9. The van der Waals surface area contributed by atoms with E-state index in [0.717, 1.165) is 21.3 Å². The quantitative estimate of drug-likeness (QED) is 0.605. The molecule has 1 aliphatic heterocycles. The Hall–Kier alpha value is -1.73. The SMILES string of the molecule is NC(=O)[C@@]1(c2nc(-c3ccc(Br)cc3)cs2)O[C@H]1c1ccc(Cl)cc1. The molecule has 1 aliphatic rings. The average molecular weight is 436 g/mol. The van der Waals surface area contributed by atoms with E-state index in [1.165, 1.54) is 11.3 Å². The normalized spacial score (nSPS) is 21.9. The number of thiazole rings is 1. The number of carbonyl (C=O) groups is 1. The Morgan fingerprint density at radius 2 is 1.88 bits per heavy atom. The molecule has 7 heteroatoms. The lowest BCUT2D eigenvalue weighted by Crippen LogP contribution is -2.30. The molecular formula is C18H12BrClN2O2S. The molecule has 126 valence electrons. The molecule has 2 aromatic carbocycles. The van der Waals surface area contributed by atoms with E-state index in [1.54, 1.807) is 12.1 Å². The number of nitrogens with zero attached hydrogens (tertiary/aromatic N) is 1. The van der Waals surface area contributed by atoms with Crippen LogP contribution in [0.3, 0.4) is 0 Å². The highest BCUT2D eigenvalue weighted by Crippen LogP contribution is 2.57. The van der Waals surface area contributed by atoms with Crippen LogP contribution >= 0.6 is 38.9 Å². The van der Waals surface area contributed by atoms with Gasteiger partial charge in [0.2, 0.25) is 5.60 Å². The third-order valence-corrected chi connectivity index (χ3v) is 5.86. The topological polar surface area (TPSA) is 68.5 Å². The van der Waals surface area contributed by atoms with Crippen molar-refractivity contribution in [2.45, 2.75) is 11.7 Å². The second kappa shape index (κ2) is 6.21. The average Bonchev–Trinajstić information content (AvgIpc) is 3.17. The van der Waals surface area contributed by atoms with Gasteiger partial charge in [-0.25, -0.2) is 4.98 Å². The number of amides is 1. The molecule has 2 atom stereocenters. The maximum absolute atomic E-state index is 12.2. The van der Waals surface area contributed by atoms with Gasteiger partial charge in [0.15, 0.2) is 0 Å². The van der Waals surface area contributed by atoms with Gasteiger partial charge in [-0.05, 0) is 29.8 Å². The number of epoxide rings is 1. The fraction of sp³-hybridized carbons (Fsp3) is 0.111. The summed E-state index contributed by atoms with van der Waals surface area (Å²) >= 11 is 10.7. The van der Waals surface area contributed by atoms with Crippen molar-refractivity contribution in [2.75, 3.05) is 0 Å². The molecule has 2 N–H and O–H groups in total. The summed E-state index contributed by atoms with van der Waals surface area (Å²) in [4.78, 5) is 16.8. The zero-order chi connectivity index (χ0) is 17.6.